The molecule has 18 heteroatoms. The van der Waals surface area contributed by atoms with Crippen molar-refractivity contribution in [3.8, 4) is 0 Å². The molecule has 0 aliphatic heterocycles. The van der Waals surface area contributed by atoms with Crippen LogP contribution in [-0.4, -0.2) is 30.1 Å². The average Bonchev–Trinajstić information content (AvgIpc) is 2.89. The van der Waals surface area contributed by atoms with Gasteiger partial charge in [-0.1, -0.05) is 11.1 Å². The van der Waals surface area contributed by atoms with E-state index in [0.29, 0.717) is 34.0 Å². The number of benzene rings is 3. The van der Waals surface area contributed by atoms with Crippen molar-refractivity contribution in [2.24, 2.45) is 0 Å². The SMILES string of the molecule is Cc1ccc(Nc2cc(F)c([N+](=O)[O-])cc2[N+](=O)[O-])cc1Nc1nc(F)nc(Nc2ccc(SOOO)c(C)c2)n1. The van der Waals surface area contributed by atoms with Crippen LogP contribution in [-0.2, 0) is 9.37 Å². The van der Waals surface area contributed by atoms with E-state index in [1.54, 1.807) is 38.1 Å². The van der Waals surface area contributed by atoms with Gasteiger partial charge in [0.25, 0.3) is 5.69 Å². The number of halogens is 2. The minimum atomic E-state index is -1.26. The summed E-state index contributed by atoms with van der Waals surface area (Å²) in [5.41, 5.74) is 0.426. The third kappa shape index (κ3) is 7.13. The molecule has 0 fully saturated rings. The smallest absolute Gasteiger partial charge is 0.315 e. The first kappa shape index (κ1) is 29.0. The maximum absolute atomic E-state index is 14.3. The van der Waals surface area contributed by atoms with Crippen LogP contribution in [0.4, 0.5) is 54.8 Å². The monoisotopic (exact) mass is 588 g/mol. The van der Waals surface area contributed by atoms with Crippen molar-refractivity contribution in [1.29, 1.82) is 0 Å². The van der Waals surface area contributed by atoms with Gasteiger partial charge in [-0.25, -0.2) is 5.26 Å². The Morgan fingerprint density at radius 1 is 0.805 bits per heavy atom. The molecule has 0 spiro atoms. The maximum atomic E-state index is 14.3. The second-order valence-corrected chi connectivity index (χ2v) is 8.94. The van der Waals surface area contributed by atoms with Crippen LogP contribution in [0.25, 0.3) is 0 Å². The molecule has 0 aliphatic rings. The molecule has 41 heavy (non-hydrogen) atoms. The third-order valence-electron chi connectivity index (χ3n) is 5.42. The molecule has 0 unspecified atom stereocenters. The van der Waals surface area contributed by atoms with Gasteiger partial charge in [-0.2, -0.15) is 23.7 Å². The van der Waals surface area contributed by atoms with Gasteiger partial charge in [0.15, 0.2) is 0 Å². The minimum absolute atomic E-state index is 0.126. The second kappa shape index (κ2) is 12.4. The highest BCUT2D eigenvalue weighted by Gasteiger charge is 2.25. The summed E-state index contributed by atoms with van der Waals surface area (Å²) in [4.78, 5) is 32.6. The Kier molecular flexibility index (Phi) is 8.78. The molecule has 0 radical (unpaired) electrons. The predicted octanol–water partition coefficient (Wildman–Crippen LogP) is 6.24. The summed E-state index contributed by atoms with van der Waals surface area (Å²) in [7, 11) is 0. The van der Waals surface area contributed by atoms with Crippen LogP contribution in [0, 0.1) is 46.0 Å². The van der Waals surface area contributed by atoms with Gasteiger partial charge in [0.1, 0.15) is 5.69 Å². The fourth-order valence-electron chi connectivity index (χ4n) is 3.52. The number of hydrogen-bond acceptors (Lipinski definition) is 14. The van der Waals surface area contributed by atoms with E-state index in [9.17, 15) is 29.0 Å². The quantitative estimate of drug-likeness (QED) is 0.0663. The number of hydrogen-bond donors (Lipinski definition) is 4. The Labute approximate surface area is 232 Å². The Balaban J connectivity index is 1.57. The van der Waals surface area contributed by atoms with Crippen molar-refractivity contribution in [2.45, 2.75) is 18.7 Å². The number of nitro groups is 2. The Hall–Kier alpha value is -5.04. The number of nitrogens with one attached hydrogen (secondary N) is 3. The highest BCUT2D eigenvalue weighted by atomic mass is 32.2. The molecular weight excluding hydrogens is 570 g/mol. The fourth-order valence-corrected chi connectivity index (χ4v) is 3.93. The molecule has 1 aromatic heterocycles. The zero-order chi connectivity index (χ0) is 29.7. The van der Waals surface area contributed by atoms with E-state index in [1.807, 2.05) is 0 Å². The summed E-state index contributed by atoms with van der Waals surface area (Å²) >= 11 is 0.780. The average molecular weight is 589 g/mol. The summed E-state index contributed by atoms with van der Waals surface area (Å²) in [5.74, 6) is -1.56. The van der Waals surface area contributed by atoms with E-state index in [0.717, 1.165) is 17.6 Å². The van der Waals surface area contributed by atoms with Crippen molar-refractivity contribution < 1.29 is 33.3 Å². The number of anilines is 6. The lowest BCUT2D eigenvalue weighted by atomic mass is 10.1. The summed E-state index contributed by atoms with van der Waals surface area (Å²) in [6.07, 6.45) is -1.09. The first-order chi connectivity index (χ1) is 19.5. The van der Waals surface area contributed by atoms with Crippen molar-refractivity contribution >= 4 is 58.1 Å². The van der Waals surface area contributed by atoms with E-state index in [-0.39, 0.29) is 23.3 Å². The van der Waals surface area contributed by atoms with Gasteiger partial charge in [0, 0.05) is 28.0 Å². The zero-order valence-electron chi connectivity index (χ0n) is 20.9. The van der Waals surface area contributed by atoms with Crippen molar-refractivity contribution in [3.05, 3.63) is 91.8 Å². The van der Waals surface area contributed by atoms with Crippen LogP contribution in [0.5, 0.6) is 0 Å². The molecule has 0 bridgehead atoms. The first-order valence-corrected chi connectivity index (χ1v) is 12.0. The summed E-state index contributed by atoms with van der Waals surface area (Å²) < 4.78 is 32.9. The van der Waals surface area contributed by atoms with Crippen molar-refractivity contribution in [3.63, 3.8) is 0 Å². The molecule has 4 rings (SSSR count). The number of aromatic nitrogens is 3. The first-order valence-electron chi connectivity index (χ1n) is 11.2. The van der Waals surface area contributed by atoms with Crippen LogP contribution in [0.15, 0.2) is 53.4 Å². The van der Waals surface area contributed by atoms with E-state index < -0.39 is 33.1 Å². The molecule has 4 N–H and O–H groups in total. The lowest BCUT2D eigenvalue weighted by Gasteiger charge is -2.13. The standard InChI is InChI=1S/C23H18F2N8O7S/c1-11-3-4-14(26-17-9-15(24)18(32(34)35)10-19(17)33(36)37)8-16(11)28-23-30-21(25)29-22(31-23)27-13-5-6-20(12(2)7-13)41-40-39-38/h3-10,26,38H,1-2H3,(H2,27,28,29,30,31). The van der Waals surface area contributed by atoms with Gasteiger partial charge in [-0.3, -0.25) is 20.2 Å². The summed E-state index contributed by atoms with van der Waals surface area (Å²) in [6, 6.07) is 10.8. The predicted molar refractivity (Wildman–Crippen MR) is 142 cm³/mol. The molecule has 0 atom stereocenters. The largest absolute Gasteiger partial charge is 0.350 e. The minimum Gasteiger partial charge on any atom is -0.350 e. The lowest BCUT2D eigenvalue weighted by molar-refractivity contribution is -0.432. The van der Waals surface area contributed by atoms with Gasteiger partial charge in [-0.05, 0) is 55.3 Å². The van der Waals surface area contributed by atoms with Crippen molar-refractivity contribution in [1.82, 2.24) is 15.0 Å². The molecule has 0 saturated heterocycles. The van der Waals surface area contributed by atoms with Crippen LogP contribution in [0.2, 0.25) is 0 Å². The fraction of sp³-hybridized carbons (Fsp3) is 0.0870. The molecule has 0 aliphatic carbocycles. The number of aryl methyl sites for hydroxylation is 2. The number of nitrogens with zero attached hydrogens (tertiary/aromatic N) is 5. The third-order valence-corrected chi connectivity index (χ3v) is 6.18. The molecule has 15 nitrogen and oxygen atoms in total. The van der Waals surface area contributed by atoms with E-state index in [4.69, 9.17) is 5.26 Å². The number of rotatable bonds is 11. The second-order valence-electron chi connectivity index (χ2n) is 8.20. The van der Waals surface area contributed by atoms with E-state index in [2.05, 4.69) is 40.3 Å². The highest BCUT2D eigenvalue weighted by molar-refractivity contribution is 7.94. The van der Waals surface area contributed by atoms with Crippen LogP contribution in [0.3, 0.4) is 0 Å². The lowest BCUT2D eigenvalue weighted by Crippen LogP contribution is -2.07. The molecule has 212 valence electrons. The number of nitro benzene ring substituents is 2. The van der Waals surface area contributed by atoms with Gasteiger partial charge in [0.05, 0.1) is 28.0 Å². The molecule has 0 amide bonds. The highest BCUT2D eigenvalue weighted by Crippen LogP contribution is 2.35. The molecule has 1 heterocycles. The summed E-state index contributed by atoms with van der Waals surface area (Å²) in [6.45, 7) is 3.48. The van der Waals surface area contributed by atoms with Gasteiger partial charge < -0.3 is 16.0 Å². The maximum Gasteiger partial charge on any atom is 0.315 e. The van der Waals surface area contributed by atoms with Crippen LogP contribution >= 0.6 is 12.0 Å². The van der Waals surface area contributed by atoms with E-state index >= 15 is 0 Å². The van der Waals surface area contributed by atoms with Crippen LogP contribution < -0.4 is 16.0 Å². The topological polar surface area (TPSA) is 200 Å². The zero-order valence-corrected chi connectivity index (χ0v) is 21.7. The summed E-state index contributed by atoms with van der Waals surface area (Å²) in [5, 5.41) is 42.7. The van der Waals surface area contributed by atoms with Gasteiger partial charge >= 0.3 is 11.8 Å². The van der Waals surface area contributed by atoms with Gasteiger partial charge in [-0.15, -0.1) is 4.33 Å². The molecule has 0 saturated carbocycles. The Morgan fingerprint density at radius 3 is 2.12 bits per heavy atom. The van der Waals surface area contributed by atoms with E-state index in [1.165, 1.54) is 12.1 Å². The van der Waals surface area contributed by atoms with Crippen LogP contribution in [0.1, 0.15) is 11.1 Å². The Morgan fingerprint density at radius 2 is 1.46 bits per heavy atom. The Bertz CT molecular complexity index is 1650. The molecule has 3 aromatic carbocycles. The van der Waals surface area contributed by atoms with Crippen molar-refractivity contribution in [2.75, 3.05) is 16.0 Å². The normalized spacial score (nSPS) is 10.8. The van der Waals surface area contributed by atoms with Gasteiger partial charge in [0.2, 0.25) is 17.7 Å². The molecular formula is C23H18F2N8O7S. The molecule has 4 aromatic rings.